The van der Waals surface area contributed by atoms with Crippen LogP contribution in [0.3, 0.4) is 0 Å². The second-order valence-corrected chi connectivity index (χ2v) is 4.13. The minimum Gasteiger partial charge on any atom is -0.441 e. The number of H-pyrrole nitrogens is 1. The molecule has 0 aliphatic heterocycles. The summed E-state index contributed by atoms with van der Waals surface area (Å²) in [6.07, 6.45) is 1.80. The number of thiol groups is 1. The molecule has 2 heterocycles. The number of aromatic amines is 1. The Hall–Kier alpha value is -1.75. The first-order chi connectivity index (χ1) is 8.26. The zero-order chi connectivity index (χ0) is 11.8. The zero-order valence-corrected chi connectivity index (χ0v) is 10.2. The highest BCUT2D eigenvalue weighted by Gasteiger charge is 2.06. The van der Waals surface area contributed by atoms with E-state index in [1.54, 1.807) is 6.20 Å². The lowest BCUT2D eigenvalue weighted by atomic mass is 10.1. The molecule has 2 aromatic heterocycles. The molecular formula is C12H11N3OS. The van der Waals surface area contributed by atoms with E-state index in [2.05, 4.69) is 27.6 Å². The van der Waals surface area contributed by atoms with Gasteiger partial charge in [0.25, 0.3) is 0 Å². The Kier molecular flexibility index (Phi) is 2.40. The molecule has 3 aromatic rings. The van der Waals surface area contributed by atoms with Crippen LogP contribution in [0.4, 0.5) is 0 Å². The largest absolute Gasteiger partial charge is 0.441 e. The summed E-state index contributed by atoms with van der Waals surface area (Å²) in [5, 5.41) is 0. The number of benzene rings is 1. The molecule has 0 aliphatic rings. The maximum Gasteiger partial charge on any atom is 0.192 e. The van der Waals surface area contributed by atoms with E-state index in [9.17, 15) is 0 Å². The molecule has 0 radical (unpaired) electrons. The van der Waals surface area contributed by atoms with Gasteiger partial charge in [-0.05, 0) is 12.1 Å². The van der Waals surface area contributed by atoms with Crippen LogP contribution in [-0.2, 0) is 5.75 Å². The van der Waals surface area contributed by atoms with Crippen LogP contribution in [0.25, 0.3) is 22.4 Å². The van der Waals surface area contributed by atoms with Crippen LogP contribution in [0.1, 0.15) is 11.7 Å². The lowest BCUT2D eigenvalue weighted by Gasteiger charge is -1.96. The molecule has 0 atom stereocenters. The van der Waals surface area contributed by atoms with Crippen LogP contribution < -0.4 is 0 Å². The van der Waals surface area contributed by atoms with Crippen molar-refractivity contribution in [3.8, 4) is 11.3 Å². The van der Waals surface area contributed by atoms with Crippen LogP contribution in [-0.4, -0.2) is 15.0 Å². The van der Waals surface area contributed by atoms with Crippen molar-refractivity contribution in [3.05, 3.63) is 36.1 Å². The molecule has 0 unspecified atom stereocenters. The van der Waals surface area contributed by atoms with Gasteiger partial charge in [0.05, 0.1) is 11.9 Å². The van der Waals surface area contributed by atoms with Gasteiger partial charge in [-0.25, -0.2) is 9.97 Å². The number of rotatable bonds is 2. The number of aryl methyl sites for hydroxylation is 1. The lowest BCUT2D eigenvalue weighted by Crippen LogP contribution is -1.81. The molecular weight excluding hydrogens is 234 g/mol. The molecule has 0 bridgehead atoms. The molecule has 3 rings (SSSR count). The van der Waals surface area contributed by atoms with Gasteiger partial charge in [-0.15, -0.1) is 0 Å². The van der Waals surface area contributed by atoms with E-state index in [-0.39, 0.29) is 0 Å². The normalized spacial score (nSPS) is 11.2. The van der Waals surface area contributed by atoms with Crippen molar-refractivity contribution in [3.63, 3.8) is 0 Å². The van der Waals surface area contributed by atoms with Gasteiger partial charge in [0.2, 0.25) is 0 Å². The number of aromatic nitrogens is 3. The monoisotopic (exact) mass is 245 g/mol. The van der Waals surface area contributed by atoms with Crippen molar-refractivity contribution in [2.24, 2.45) is 0 Å². The molecule has 1 N–H and O–H groups in total. The maximum atomic E-state index is 5.50. The maximum absolute atomic E-state index is 5.50. The van der Waals surface area contributed by atoms with Gasteiger partial charge in [0.1, 0.15) is 11.3 Å². The highest BCUT2D eigenvalue weighted by molar-refractivity contribution is 7.79. The lowest BCUT2D eigenvalue weighted by molar-refractivity contribution is 0.561. The van der Waals surface area contributed by atoms with E-state index in [4.69, 9.17) is 4.42 Å². The molecule has 0 aliphatic carbocycles. The highest BCUT2D eigenvalue weighted by Crippen LogP contribution is 2.23. The fourth-order valence-corrected chi connectivity index (χ4v) is 1.96. The van der Waals surface area contributed by atoms with Gasteiger partial charge in [-0.2, -0.15) is 12.6 Å². The molecule has 0 saturated heterocycles. The van der Waals surface area contributed by atoms with Crippen molar-refractivity contribution in [1.29, 1.82) is 0 Å². The van der Waals surface area contributed by atoms with Crippen LogP contribution in [0.2, 0.25) is 0 Å². The molecule has 0 saturated carbocycles. The third kappa shape index (κ3) is 1.82. The fraction of sp³-hybridized carbons (Fsp3) is 0.167. The van der Waals surface area contributed by atoms with Crippen LogP contribution in [0, 0.1) is 6.92 Å². The number of hydrogen-bond donors (Lipinski definition) is 2. The number of nitrogens with one attached hydrogen (secondary N) is 1. The second kappa shape index (κ2) is 3.92. The van der Waals surface area contributed by atoms with E-state index >= 15 is 0 Å². The number of oxazole rings is 1. The smallest absolute Gasteiger partial charge is 0.192 e. The first kappa shape index (κ1) is 10.4. The van der Waals surface area contributed by atoms with Crippen molar-refractivity contribution < 1.29 is 4.42 Å². The number of imidazole rings is 1. The number of hydrogen-bond acceptors (Lipinski definition) is 4. The van der Waals surface area contributed by atoms with Gasteiger partial charge in [0, 0.05) is 18.2 Å². The summed E-state index contributed by atoms with van der Waals surface area (Å²) in [7, 11) is 0. The first-order valence-electron chi connectivity index (χ1n) is 5.28. The van der Waals surface area contributed by atoms with Crippen molar-refractivity contribution in [2.45, 2.75) is 12.7 Å². The Bertz CT molecular complexity index is 671. The summed E-state index contributed by atoms with van der Waals surface area (Å²) >= 11 is 4.18. The van der Waals surface area contributed by atoms with Gasteiger partial charge in [0.15, 0.2) is 11.5 Å². The summed E-state index contributed by atoms with van der Waals surface area (Å²) in [5.74, 6) is 2.14. The fourth-order valence-electron chi connectivity index (χ4n) is 1.80. The Morgan fingerprint density at radius 3 is 3.06 bits per heavy atom. The second-order valence-electron chi connectivity index (χ2n) is 3.82. The van der Waals surface area contributed by atoms with E-state index in [0.29, 0.717) is 11.6 Å². The molecule has 4 nitrogen and oxygen atoms in total. The van der Waals surface area contributed by atoms with Gasteiger partial charge >= 0.3 is 0 Å². The van der Waals surface area contributed by atoms with Gasteiger partial charge < -0.3 is 9.40 Å². The van der Waals surface area contributed by atoms with Crippen LogP contribution in [0.5, 0.6) is 0 Å². The summed E-state index contributed by atoms with van der Waals surface area (Å²) < 4.78 is 5.50. The van der Waals surface area contributed by atoms with Crippen molar-refractivity contribution in [2.75, 3.05) is 0 Å². The average Bonchev–Trinajstić information content (AvgIpc) is 2.92. The van der Waals surface area contributed by atoms with Crippen molar-refractivity contribution >= 4 is 23.7 Å². The Labute approximate surface area is 103 Å². The Morgan fingerprint density at radius 1 is 1.41 bits per heavy atom. The molecule has 1 aromatic carbocycles. The molecule has 0 spiro atoms. The van der Waals surface area contributed by atoms with E-state index in [1.807, 2.05) is 25.1 Å². The average molecular weight is 245 g/mol. The summed E-state index contributed by atoms with van der Waals surface area (Å²) in [6, 6.07) is 5.91. The molecule has 5 heteroatoms. The highest BCUT2D eigenvalue weighted by atomic mass is 32.1. The summed E-state index contributed by atoms with van der Waals surface area (Å²) in [5.41, 5.74) is 3.67. The van der Waals surface area contributed by atoms with Crippen LogP contribution in [0.15, 0.2) is 28.8 Å². The predicted octanol–water partition coefficient (Wildman–Crippen LogP) is 2.96. The SMILES string of the molecule is Cc1nc2ccc(-c3cnc(CS)[nH]3)cc2o1. The van der Waals surface area contributed by atoms with E-state index in [1.165, 1.54) is 0 Å². The van der Waals surface area contributed by atoms with Gasteiger partial charge in [-0.3, -0.25) is 0 Å². The third-order valence-corrected chi connectivity index (χ3v) is 2.88. The summed E-state index contributed by atoms with van der Waals surface area (Å²) in [4.78, 5) is 11.7. The topological polar surface area (TPSA) is 54.7 Å². The standard InChI is InChI=1S/C12H11N3OS/c1-7-14-9-3-2-8(4-11(9)16-7)10-5-13-12(6-17)15-10/h2-5,17H,6H2,1H3,(H,13,15). The molecule has 0 fully saturated rings. The predicted molar refractivity (Wildman–Crippen MR) is 69.0 cm³/mol. The Balaban J connectivity index is 2.10. The Morgan fingerprint density at radius 2 is 2.29 bits per heavy atom. The van der Waals surface area contributed by atoms with E-state index < -0.39 is 0 Å². The first-order valence-corrected chi connectivity index (χ1v) is 5.92. The van der Waals surface area contributed by atoms with E-state index in [0.717, 1.165) is 28.2 Å². The van der Waals surface area contributed by atoms with Gasteiger partial charge in [-0.1, -0.05) is 6.07 Å². The molecule has 0 amide bonds. The van der Waals surface area contributed by atoms with Crippen molar-refractivity contribution in [1.82, 2.24) is 15.0 Å². The third-order valence-electron chi connectivity index (χ3n) is 2.58. The summed E-state index contributed by atoms with van der Waals surface area (Å²) in [6.45, 7) is 1.84. The zero-order valence-electron chi connectivity index (χ0n) is 9.27. The minimum absolute atomic E-state index is 0.601. The number of nitrogens with zero attached hydrogens (tertiary/aromatic N) is 2. The molecule has 86 valence electrons. The minimum atomic E-state index is 0.601. The van der Waals surface area contributed by atoms with Crippen LogP contribution >= 0.6 is 12.6 Å². The molecule has 17 heavy (non-hydrogen) atoms. The number of fused-ring (bicyclic) bond motifs is 1. The quantitative estimate of drug-likeness (QED) is 0.682.